The fraction of sp³-hybridized carbons (Fsp3) is 0.600. The van der Waals surface area contributed by atoms with Crippen molar-refractivity contribution >= 4 is 47.2 Å². The second-order valence-electron chi connectivity index (χ2n) is 3.99. The van der Waals surface area contributed by atoms with Crippen molar-refractivity contribution in [3.63, 3.8) is 0 Å². The maximum atomic E-state index is 11.5. The first kappa shape index (κ1) is 11.8. The van der Waals surface area contributed by atoms with Crippen LogP contribution in [0.4, 0.5) is 0 Å². The molecule has 3 heterocycles. The largest absolute Gasteiger partial charge is 0.477 e. The van der Waals surface area contributed by atoms with Gasteiger partial charge in [-0.3, -0.25) is 9.69 Å². The third-order valence-electron chi connectivity index (χ3n) is 2.99. The first-order chi connectivity index (χ1) is 8.18. The zero-order valence-electron chi connectivity index (χ0n) is 8.92. The molecule has 0 spiro atoms. The van der Waals surface area contributed by atoms with Crippen molar-refractivity contribution in [3.8, 4) is 0 Å². The molecular weight excluding hydrogens is 278 g/mol. The van der Waals surface area contributed by atoms with E-state index in [1.54, 1.807) is 35.3 Å². The van der Waals surface area contributed by atoms with Gasteiger partial charge in [0.15, 0.2) is 0 Å². The van der Waals surface area contributed by atoms with Crippen LogP contribution in [0.15, 0.2) is 11.3 Å². The number of aliphatic carboxylic acids is 1. The molecule has 0 aromatic carbocycles. The third-order valence-corrected chi connectivity index (χ3v) is 7.36. The number of nitrogens with zero attached hydrogens (tertiary/aromatic N) is 1. The number of fused-ring (bicyclic) bond motifs is 1. The van der Waals surface area contributed by atoms with Crippen molar-refractivity contribution in [3.05, 3.63) is 11.3 Å². The number of carbonyl (C=O) groups is 2. The first-order valence-electron chi connectivity index (χ1n) is 5.31. The molecule has 2 saturated heterocycles. The van der Waals surface area contributed by atoms with E-state index >= 15 is 0 Å². The zero-order valence-corrected chi connectivity index (χ0v) is 11.4. The molecule has 1 unspecified atom stereocenters. The summed E-state index contributed by atoms with van der Waals surface area (Å²) in [4.78, 5) is 24.4. The monoisotopic (exact) mass is 289 g/mol. The van der Waals surface area contributed by atoms with Gasteiger partial charge in [0.05, 0.1) is 16.4 Å². The molecule has 3 rings (SSSR count). The summed E-state index contributed by atoms with van der Waals surface area (Å²) in [6, 6.07) is 0. The Morgan fingerprint density at radius 3 is 2.59 bits per heavy atom. The van der Waals surface area contributed by atoms with Gasteiger partial charge in [-0.25, -0.2) is 4.79 Å². The van der Waals surface area contributed by atoms with Crippen molar-refractivity contribution in [1.82, 2.24) is 4.90 Å². The molecule has 3 aliphatic heterocycles. The zero-order chi connectivity index (χ0) is 12.0. The van der Waals surface area contributed by atoms with Gasteiger partial charge in [-0.15, -0.1) is 35.3 Å². The highest BCUT2D eigenvalue weighted by molar-refractivity contribution is 8.20. The molecule has 0 radical (unpaired) electrons. The van der Waals surface area contributed by atoms with Crippen LogP contribution in [-0.2, 0) is 9.59 Å². The Kier molecular flexibility index (Phi) is 3.08. The van der Waals surface area contributed by atoms with Gasteiger partial charge in [0.25, 0.3) is 0 Å². The number of β-lactam (4-membered cyclic amide) rings is 1. The van der Waals surface area contributed by atoms with Crippen LogP contribution in [0.1, 0.15) is 6.42 Å². The topological polar surface area (TPSA) is 57.6 Å². The molecule has 7 heteroatoms. The second kappa shape index (κ2) is 4.44. The summed E-state index contributed by atoms with van der Waals surface area (Å²) in [6.45, 7) is 0. The predicted molar refractivity (Wildman–Crippen MR) is 71.1 cm³/mol. The van der Waals surface area contributed by atoms with Crippen LogP contribution in [-0.4, -0.2) is 49.1 Å². The summed E-state index contributed by atoms with van der Waals surface area (Å²) in [5, 5.41) is 9.39. The van der Waals surface area contributed by atoms with E-state index in [1.165, 1.54) is 4.90 Å². The number of rotatable bonds is 2. The number of hydrogen-bond acceptors (Lipinski definition) is 5. The Morgan fingerprint density at radius 2 is 2.00 bits per heavy atom. The van der Waals surface area contributed by atoms with Crippen LogP contribution in [0.5, 0.6) is 0 Å². The lowest BCUT2D eigenvalue weighted by atomic mass is 10.1. The Hall–Kier alpha value is -0.270. The van der Waals surface area contributed by atoms with Crippen LogP contribution < -0.4 is 0 Å². The highest BCUT2D eigenvalue weighted by Gasteiger charge is 2.46. The Balaban J connectivity index is 1.97. The Labute approximate surface area is 112 Å². The molecule has 0 aliphatic carbocycles. The Morgan fingerprint density at radius 1 is 1.29 bits per heavy atom. The van der Waals surface area contributed by atoms with Gasteiger partial charge in [0, 0.05) is 17.3 Å². The summed E-state index contributed by atoms with van der Waals surface area (Å²) in [5.74, 6) is 1.87. The number of carboxylic acids is 1. The van der Waals surface area contributed by atoms with E-state index in [0.29, 0.717) is 6.42 Å². The number of carbonyl (C=O) groups excluding carboxylic acids is 1. The summed E-state index contributed by atoms with van der Waals surface area (Å²) in [5.41, 5.74) is 1.19. The van der Waals surface area contributed by atoms with E-state index in [-0.39, 0.29) is 21.6 Å². The summed E-state index contributed by atoms with van der Waals surface area (Å²) in [6.07, 6.45) is 0.486. The minimum Gasteiger partial charge on any atom is -0.477 e. The van der Waals surface area contributed by atoms with Gasteiger partial charge < -0.3 is 5.11 Å². The number of thioether (sulfide) groups is 3. The van der Waals surface area contributed by atoms with E-state index in [1.807, 2.05) is 0 Å². The molecule has 17 heavy (non-hydrogen) atoms. The van der Waals surface area contributed by atoms with Crippen molar-refractivity contribution in [1.29, 1.82) is 0 Å². The molecule has 0 aromatic rings. The van der Waals surface area contributed by atoms with Crippen molar-refractivity contribution in [2.24, 2.45) is 0 Å². The predicted octanol–water partition coefficient (Wildman–Crippen LogP) is 1.44. The molecule has 0 bridgehead atoms. The number of hydrogen-bond donors (Lipinski definition) is 1. The standard InChI is InChI=1S/C10H11NO3S3/c12-6-3-7-11(6)8(9(13)14)5(4-17-7)10-15-1-2-16-10/h7,10H,1-4H2,(H,13,14). The second-order valence-corrected chi connectivity index (χ2v) is 7.88. The third kappa shape index (κ3) is 1.88. The van der Waals surface area contributed by atoms with Gasteiger partial charge >= 0.3 is 5.97 Å². The highest BCUT2D eigenvalue weighted by atomic mass is 32.2. The van der Waals surface area contributed by atoms with Gasteiger partial charge in [0.1, 0.15) is 5.70 Å². The lowest BCUT2D eigenvalue weighted by Gasteiger charge is -2.44. The van der Waals surface area contributed by atoms with Crippen LogP contribution >= 0.6 is 35.3 Å². The lowest BCUT2D eigenvalue weighted by Crippen LogP contribution is -2.54. The van der Waals surface area contributed by atoms with Crippen molar-refractivity contribution < 1.29 is 14.7 Å². The van der Waals surface area contributed by atoms with E-state index in [4.69, 9.17) is 0 Å². The maximum absolute atomic E-state index is 11.5. The summed E-state index contributed by atoms with van der Waals surface area (Å²) >= 11 is 5.27. The molecule has 3 aliphatic rings. The maximum Gasteiger partial charge on any atom is 0.352 e. The molecule has 1 N–H and O–H groups in total. The molecule has 4 nitrogen and oxygen atoms in total. The van der Waals surface area contributed by atoms with Crippen molar-refractivity contribution in [2.45, 2.75) is 16.4 Å². The van der Waals surface area contributed by atoms with Crippen LogP contribution in [0.2, 0.25) is 0 Å². The van der Waals surface area contributed by atoms with Crippen LogP contribution in [0.25, 0.3) is 0 Å². The molecule has 1 atom stereocenters. The SMILES string of the molecule is O=C(O)C1=C(C2SCCS2)CSC2CC(=O)N12. The quantitative estimate of drug-likeness (QED) is 0.776. The molecule has 1 amide bonds. The number of carboxylic acid groups (broad SMARTS) is 1. The van der Waals surface area contributed by atoms with E-state index in [2.05, 4.69) is 0 Å². The normalized spacial score (nSPS) is 29.3. The fourth-order valence-electron chi connectivity index (χ4n) is 2.18. The fourth-order valence-corrected chi connectivity index (χ4v) is 6.65. The first-order valence-corrected chi connectivity index (χ1v) is 8.46. The smallest absolute Gasteiger partial charge is 0.352 e. The lowest BCUT2D eigenvalue weighted by molar-refractivity contribution is -0.146. The summed E-state index contributed by atoms with van der Waals surface area (Å²) < 4.78 is 0.225. The van der Waals surface area contributed by atoms with Crippen LogP contribution in [0, 0.1) is 0 Å². The van der Waals surface area contributed by atoms with E-state index in [9.17, 15) is 14.7 Å². The number of amides is 1. The molecule has 2 fully saturated rings. The van der Waals surface area contributed by atoms with Crippen molar-refractivity contribution in [2.75, 3.05) is 17.3 Å². The average Bonchev–Trinajstić information content (AvgIpc) is 2.79. The van der Waals surface area contributed by atoms with Gasteiger partial charge in [-0.1, -0.05) is 0 Å². The molecule has 0 aromatic heterocycles. The van der Waals surface area contributed by atoms with E-state index in [0.717, 1.165) is 22.8 Å². The molecule has 92 valence electrons. The minimum absolute atomic E-state index is 0.0508. The minimum atomic E-state index is -0.952. The molecule has 0 saturated carbocycles. The highest BCUT2D eigenvalue weighted by Crippen LogP contribution is 2.46. The van der Waals surface area contributed by atoms with Gasteiger partial charge in [-0.05, 0) is 5.57 Å². The summed E-state index contributed by atoms with van der Waals surface area (Å²) in [7, 11) is 0. The van der Waals surface area contributed by atoms with Gasteiger partial charge in [-0.2, -0.15) is 0 Å². The van der Waals surface area contributed by atoms with Gasteiger partial charge in [0.2, 0.25) is 5.91 Å². The van der Waals surface area contributed by atoms with Crippen LogP contribution in [0.3, 0.4) is 0 Å². The average molecular weight is 289 g/mol. The Bertz CT molecular complexity index is 417. The van der Waals surface area contributed by atoms with E-state index < -0.39 is 5.97 Å². The molecular formula is C10H11NO3S3.